The molecule has 0 rings (SSSR count). The standard InChI is InChI=1S/C13H30N2O2/c1-4-13(11-14)12-15(7-9-16-5-2)8-10-17-6-3/h13H,4-12,14H2,1-3H3. The lowest BCUT2D eigenvalue weighted by Crippen LogP contribution is -2.37. The Balaban J connectivity index is 3.90. The van der Waals surface area contributed by atoms with Gasteiger partial charge in [0.05, 0.1) is 13.2 Å². The van der Waals surface area contributed by atoms with Crippen LogP contribution in [0.1, 0.15) is 27.2 Å². The van der Waals surface area contributed by atoms with Crippen molar-refractivity contribution in [1.82, 2.24) is 4.90 Å². The van der Waals surface area contributed by atoms with Crippen LogP contribution in [0.4, 0.5) is 0 Å². The average Bonchev–Trinajstić information content (AvgIpc) is 2.35. The first kappa shape index (κ1) is 16.8. The maximum atomic E-state index is 5.75. The quantitative estimate of drug-likeness (QED) is 0.528. The highest BCUT2D eigenvalue weighted by Gasteiger charge is 2.11. The number of nitrogens with zero attached hydrogens (tertiary/aromatic N) is 1. The normalized spacial score (nSPS) is 13.2. The van der Waals surface area contributed by atoms with Gasteiger partial charge in [-0.25, -0.2) is 0 Å². The smallest absolute Gasteiger partial charge is 0.0593 e. The third kappa shape index (κ3) is 9.53. The Bertz CT molecular complexity index is 142. The van der Waals surface area contributed by atoms with Crippen LogP contribution in [0.15, 0.2) is 0 Å². The van der Waals surface area contributed by atoms with Gasteiger partial charge in [-0.05, 0) is 26.3 Å². The molecule has 104 valence electrons. The molecule has 1 unspecified atom stereocenters. The molecule has 0 amide bonds. The first-order valence-electron chi connectivity index (χ1n) is 6.86. The van der Waals surface area contributed by atoms with E-state index < -0.39 is 0 Å². The molecule has 0 saturated carbocycles. The molecule has 2 N–H and O–H groups in total. The Morgan fingerprint density at radius 3 is 1.88 bits per heavy atom. The molecule has 17 heavy (non-hydrogen) atoms. The van der Waals surface area contributed by atoms with E-state index in [4.69, 9.17) is 15.2 Å². The van der Waals surface area contributed by atoms with E-state index in [1.807, 2.05) is 13.8 Å². The number of ether oxygens (including phenoxy) is 2. The molecule has 0 aliphatic carbocycles. The fourth-order valence-corrected chi connectivity index (χ4v) is 1.71. The number of nitrogens with two attached hydrogens (primary N) is 1. The highest BCUT2D eigenvalue weighted by atomic mass is 16.5. The van der Waals surface area contributed by atoms with E-state index in [-0.39, 0.29) is 0 Å². The molecule has 0 spiro atoms. The average molecular weight is 246 g/mol. The van der Waals surface area contributed by atoms with Gasteiger partial charge >= 0.3 is 0 Å². The van der Waals surface area contributed by atoms with Gasteiger partial charge < -0.3 is 15.2 Å². The van der Waals surface area contributed by atoms with E-state index >= 15 is 0 Å². The van der Waals surface area contributed by atoms with Gasteiger partial charge in [0.1, 0.15) is 0 Å². The van der Waals surface area contributed by atoms with E-state index in [1.54, 1.807) is 0 Å². The molecule has 0 heterocycles. The van der Waals surface area contributed by atoms with Crippen LogP contribution in [0.25, 0.3) is 0 Å². The van der Waals surface area contributed by atoms with Crippen molar-refractivity contribution < 1.29 is 9.47 Å². The van der Waals surface area contributed by atoms with Crippen LogP contribution in [-0.2, 0) is 9.47 Å². The van der Waals surface area contributed by atoms with E-state index in [1.165, 1.54) is 0 Å². The summed E-state index contributed by atoms with van der Waals surface area (Å²) >= 11 is 0. The molecule has 0 aromatic carbocycles. The topological polar surface area (TPSA) is 47.7 Å². The van der Waals surface area contributed by atoms with Gasteiger partial charge in [0, 0.05) is 32.8 Å². The van der Waals surface area contributed by atoms with Crippen molar-refractivity contribution >= 4 is 0 Å². The predicted octanol–water partition coefficient (Wildman–Crippen LogP) is 1.35. The van der Waals surface area contributed by atoms with Crippen molar-refractivity contribution in [2.45, 2.75) is 27.2 Å². The lowest BCUT2D eigenvalue weighted by atomic mass is 10.1. The van der Waals surface area contributed by atoms with Crippen LogP contribution in [0.3, 0.4) is 0 Å². The van der Waals surface area contributed by atoms with Crippen molar-refractivity contribution in [3.8, 4) is 0 Å². The second kappa shape index (κ2) is 12.3. The SMILES string of the molecule is CCOCCN(CCOCC)CC(CC)CN. The highest BCUT2D eigenvalue weighted by Crippen LogP contribution is 2.04. The van der Waals surface area contributed by atoms with E-state index in [2.05, 4.69) is 11.8 Å². The van der Waals surface area contributed by atoms with E-state index in [0.29, 0.717) is 5.92 Å². The van der Waals surface area contributed by atoms with Crippen molar-refractivity contribution in [3.63, 3.8) is 0 Å². The highest BCUT2D eigenvalue weighted by molar-refractivity contribution is 4.66. The van der Waals surface area contributed by atoms with Crippen molar-refractivity contribution in [2.75, 3.05) is 52.6 Å². The summed E-state index contributed by atoms with van der Waals surface area (Å²) in [6.07, 6.45) is 1.14. The number of rotatable bonds is 12. The molecule has 4 nitrogen and oxygen atoms in total. The summed E-state index contributed by atoms with van der Waals surface area (Å²) in [6.45, 7) is 13.2. The minimum absolute atomic E-state index is 0.582. The Labute approximate surface area is 106 Å². The van der Waals surface area contributed by atoms with Gasteiger partial charge in [0.25, 0.3) is 0 Å². The van der Waals surface area contributed by atoms with E-state index in [0.717, 1.165) is 59.0 Å². The molecule has 0 aromatic heterocycles. The van der Waals surface area contributed by atoms with Gasteiger partial charge in [-0.3, -0.25) is 4.90 Å². The lowest BCUT2D eigenvalue weighted by molar-refractivity contribution is 0.0758. The molecule has 4 heteroatoms. The Kier molecular flexibility index (Phi) is 12.2. The molecule has 0 aliphatic heterocycles. The Hall–Kier alpha value is -0.160. The van der Waals surface area contributed by atoms with Crippen molar-refractivity contribution in [2.24, 2.45) is 11.7 Å². The second-order valence-electron chi connectivity index (χ2n) is 4.20. The third-order valence-electron chi connectivity index (χ3n) is 2.94. The molecule has 0 radical (unpaired) electrons. The summed E-state index contributed by atoms with van der Waals surface area (Å²) in [7, 11) is 0. The van der Waals surface area contributed by atoms with Gasteiger partial charge in [0.15, 0.2) is 0 Å². The lowest BCUT2D eigenvalue weighted by Gasteiger charge is -2.26. The zero-order chi connectivity index (χ0) is 12.9. The maximum Gasteiger partial charge on any atom is 0.0593 e. The number of hydrogen-bond donors (Lipinski definition) is 1. The summed E-state index contributed by atoms with van der Waals surface area (Å²) in [5.74, 6) is 0.582. The molecule has 0 bridgehead atoms. The molecule has 0 aromatic rings. The Morgan fingerprint density at radius 1 is 1.00 bits per heavy atom. The van der Waals surface area contributed by atoms with Gasteiger partial charge in [-0.1, -0.05) is 13.3 Å². The summed E-state index contributed by atoms with van der Waals surface area (Å²) in [6, 6.07) is 0. The zero-order valence-corrected chi connectivity index (χ0v) is 11.8. The van der Waals surface area contributed by atoms with Crippen LogP contribution >= 0.6 is 0 Å². The summed E-state index contributed by atoms with van der Waals surface area (Å²) < 4.78 is 10.8. The van der Waals surface area contributed by atoms with Gasteiger partial charge in [0.2, 0.25) is 0 Å². The predicted molar refractivity (Wildman–Crippen MR) is 72.3 cm³/mol. The van der Waals surface area contributed by atoms with Crippen LogP contribution in [0, 0.1) is 5.92 Å². The summed E-state index contributed by atoms with van der Waals surface area (Å²) in [4.78, 5) is 2.40. The Morgan fingerprint density at radius 2 is 1.53 bits per heavy atom. The largest absolute Gasteiger partial charge is 0.380 e. The minimum Gasteiger partial charge on any atom is -0.380 e. The summed E-state index contributed by atoms with van der Waals surface area (Å²) in [5.41, 5.74) is 5.75. The fraction of sp³-hybridized carbons (Fsp3) is 1.00. The van der Waals surface area contributed by atoms with Crippen LogP contribution < -0.4 is 5.73 Å². The van der Waals surface area contributed by atoms with Crippen LogP contribution in [0.5, 0.6) is 0 Å². The van der Waals surface area contributed by atoms with Crippen LogP contribution in [-0.4, -0.2) is 57.5 Å². The van der Waals surface area contributed by atoms with E-state index in [9.17, 15) is 0 Å². The molecular weight excluding hydrogens is 216 g/mol. The molecule has 0 fully saturated rings. The third-order valence-corrected chi connectivity index (χ3v) is 2.94. The molecular formula is C13H30N2O2. The van der Waals surface area contributed by atoms with Gasteiger partial charge in [-0.2, -0.15) is 0 Å². The maximum absolute atomic E-state index is 5.75. The van der Waals surface area contributed by atoms with Crippen LogP contribution in [0.2, 0.25) is 0 Å². The molecule has 0 saturated heterocycles. The fourth-order valence-electron chi connectivity index (χ4n) is 1.71. The molecule has 1 atom stereocenters. The van der Waals surface area contributed by atoms with Gasteiger partial charge in [-0.15, -0.1) is 0 Å². The second-order valence-corrected chi connectivity index (χ2v) is 4.20. The monoisotopic (exact) mass is 246 g/mol. The summed E-state index contributed by atoms with van der Waals surface area (Å²) in [5, 5.41) is 0. The number of hydrogen-bond acceptors (Lipinski definition) is 4. The van der Waals surface area contributed by atoms with Crippen molar-refractivity contribution in [3.05, 3.63) is 0 Å². The zero-order valence-electron chi connectivity index (χ0n) is 11.8. The molecule has 0 aliphatic rings. The first-order valence-corrected chi connectivity index (χ1v) is 6.86. The van der Waals surface area contributed by atoms with Crippen molar-refractivity contribution in [1.29, 1.82) is 0 Å². The minimum atomic E-state index is 0.582. The first-order chi connectivity index (χ1) is 8.28.